The number of aryl methyl sites for hydroxylation is 1. The maximum Gasteiger partial charge on any atom is 0.330 e. The van der Waals surface area contributed by atoms with Gasteiger partial charge in [0.25, 0.3) is 5.56 Å². The van der Waals surface area contributed by atoms with Gasteiger partial charge in [-0.1, -0.05) is 39.5 Å². The number of hydrogen-bond donors (Lipinski definition) is 2. The van der Waals surface area contributed by atoms with Crippen molar-refractivity contribution in [3.05, 3.63) is 27.2 Å². The monoisotopic (exact) mass is 409 g/mol. The summed E-state index contributed by atoms with van der Waals surface area (Å²) in [5, 5.41) is 8.31. The van der Waals surface area contributed by atoms with Crippen molar-refractivity contribution in [1.82, 2.24) is 24.3 Å². The number of thioether (sulfide) groups is 1. The fourth-order valence-electron chi connectivity index (χ4n) is 2.68. The molecule has 0 aliphatic heterocycles. The van der Waals surface area contributed by atoms with Gasteiger partial charge in [-0.3, -0.25) is 19.1 Å². The van der Waals surface area contributed by atoms with Crippen LogP contribution in [0.3, 0.4) is 0 Å². The molecule has 2 aromatic rings. The minimum absolute atomic E-state index is 0.000100. The van der Waals surface area contributed by atoms with Gasteiger partial charge in [0, 0.05) is 20.1 Å². The summed E-state index contributed by atoms with van der Waals surface area (Å²) >= 11 is 1.22. The van der Waals surface area contributed by atoms with Crippen molar-refractivity contribution >= 4 is 29.2 Å². The van der Waals surface area contributed by atoms with Crippen molar-refractivity contribution in [2.75, 3.05) is 22.9 Å². The zero-order valence-corrected chi connectivity index (χ0v) is 17.6. The number of H-pyrrole nitrogens is 1. The Balaban J connectivity index is 2.41. The highest BCUT2D eigenvalue weighted by Gasteiger charge is 2.25. The molecule has 0 bridgehead atoms. The average Bonchev–Trinajstić information content (AvgIpc) is 3.00. The molecule has 0 radical (unpaired) electrons. The van der Waals surface area contributed by atoms with Crippen molar-refractivity contribution in [2.45, 2.75) is 39.4 Å². The molecule has 28 heavy (non-hydrogen) atoms. The molecule has 2 heterocycles. The van der Waals surface area contributed by atoms with Crippen molar-refractivity contribution < 1.29 is 4.79 Å². The summed E-state index contributed by atoms with van der Waals surface area (Å²) in [5.41, 5.74) is 4.95. The number of amides is 1. The van der Waals surface area contributed by atoms with E-state index in [1.165, 1.54) is 21.2 Å². The maximum atomic E-state index is 13.0. The van der Waals surface area contributed by atoms with Crippen LogP contribution in [-0.2, 0) is 18.4 Å². The van der Waals surface area contributed by atoms with Gasteiger partial charge in [-0.25, -0.2) is 4.79 Å². The van der Waals surface area contributed by atoms with E-state index in [0.29, 0.717) is 18.2 Å². The predicted octanol–water partition coefficient (Wildman–Crippen LogP) is 0.685. The first kappa shape index (κ1) is 21.7. The van der Waals surface area contributed by atoms with E-state index in [4.69, 9.17) is 5.73 Å². The van der Waals surface area contributed by atoms with Crippen molar-refractivity contribution in [3.63, 3.8) is 0 Å². The molecule has 2 rings (SSSR count). The molecular formula is C17H27N7O3S. The fraction of sp³-hybridized carbons (Fsp3) is 0.588. The summed E-state index contributed by atoms with van der Waals surface area (Å²) in [6, 6.07) is 0. The number of carbonyl (C=O) groups excluding carboxylic acids is 1. The highest BCUT2D eigenvalue weighted by molar-refractivity contribution is 7.99. The molecular weight excluding hydrogens is 382 g/mol. The zero-order chi connectivity index (χ0) is 21.0. The van der Waals surface area contributed by atoms with Gasteiger partial charge in [-0.15, -0.1) is 10.2 Å². The number of anilines is 2. The first-order chi connectivity index (χ1) is 13.1. The van der Waals surface area contributed by atoms with Crippen LogP contribution in [0.25, 0.3) is 0 Å². The maximum absolute atomic E-state index is 13.0. The summed E-state index contributed by atoms with van der Waals surface area (Å²) in [6.45, 7) is 8.38. The third kappa shape index (κ3) is 5.03. The SMILES string of the molecule is CC(C)CN(C(=O)CSc1nncn1C)c1c(N)n(CC(C)C)c(=O)[nH]c1=O. The van der Waals surface area contributed by atoms with Gasteiger partial charge in [0.2, 0.25) is 5.91 Å². The fourth-order valence-corrected chi connectivity index (χ4v) is 3.44. The number of hydrogen-bond acceptors (Lipinski definition) is 7. The average molecular weight is 410 g/mol. The second kappa shape index (κ2) is 9.09. The first-order valence-electron chi connectivity index (χ1n) is 9.01. The number of nitrogens with zero attached hydrogens (tertiary/aromatic N) is 5. The van der Waals surface area contributed by atoms with Crippen LogP contribution in [0.15, 0.2) is 21.1 Å². The van der Waals surface area contributed by atoms with Crippen LogP contribution in [-0.4, -0.2) is 42.5 Å². The van der Waals surface area contributed by atoms with Crippen LogP contribution in [0.4, 0.5) is 11.5 Å². The van der Waals surface area contributed by atoms with E-state index >= 15 is 0 Å². The number of nitrogens with two attached hydrogens (primary N) is 1. The molecule has 0 aliphatic rings. The summed E-state index contributed by atoms with van der Waals surface area (Å²) < 4.78 is 3.01. The Morgan fingerprint density at radius 1 is 1.29 bits per heavy atom. The predicted molar refractivity (Wildman–Crippen MR) is 109 cm³/mol. The second-order valence-corrected chi connectivity index (χ2v) is 8.35. The normalized spacial score (nSPS) is 11.4. The van der Waals surface area contributed by atoms with Gasteiger partial charge in [0.1, 0.15) is 12.1 Å². The van der Waals surface area contributed by atoms with E-state index in [-0.39, 0.29) is 35.0 Å². The molecule has 0 spiro atoms. The number of aromatic amines is 1. The van der Waals surface area contributed by atoms with Gasteiger partial charge in [-0.2, -0.15) is 0 Å². The van der Waals surface area contributed by atoms with Crippen LogP contribution in [0, 0.1) is 11.8 Å². The van der Waals surface area contributed by atoms with E-state index in [1.54, 1.807) is 17.9 Å². The highest BCUT2D eigenvalue weighted by Crippen LogP contribution is 2.22. The number of nitrogen functional groups attached to an aromatic ring is 1. The van der Waals surface area contributed by atoms with E-state index in [1.807, 2.05) is 27.7 Å². The van der Waals surface area contributed by atoms with Crippen LogP contribution in [0.5, 0.6) is 0 Å². The number of aromatic nitrogens is 5. The zero-order valence-electron chi connectivity index (χ0n) is 16.8. The first-order valence-corrected chi connectivity index (χ1v) is 10.00. The van der Waals surface area contributed by atoms with Gasteiger partial charge >= 0.3 is 5.69 Å². The van der Waals surface area contributed by atoms with Gasteiger partial charge in [0.05, 0.1) is 5.75 Å². The minimum Gasteiger partial charge on any atom is -0.383 e. The Morgan fingerprint density at radius 2 is 1.96 bits per heavy atom. The molecule has 0 aromatic carbocycles. The molecule has 0 unspecified atom stereocenters. The Labute approximate surface area is 167 Å². The quantitative estimate of drug-likeness (QED) is 0.613. The van der Waals surface area contributed by atoms with Crippen molar-refractivity contribution in [2.24, 2.45) is 18.9 Å². The minimum atomic E-state index is -0.667. The van der Waals surface area contributed by atoms with E-state index in [9.17, 15) is 14.4 Å². The molecule has 0 saturated heterocycles. The van der Waals surface area contributed by atoms with Crippen LogP contribution < -0.4 is 21.9 Å². The Morgan fingerprint density at radius 3 is 2.50 bits per heavy atom. The molecule has 10 nitrogen and oxygen atoms in total. The molecule has 0 aliphatic carbocycles. The Bertz CT molecular complexity index is 945. The third-order valence-corrected chi connectivity index (χ3v) is 4.89. The topological polar surface area (TPSA) is 132 Å². The van der Waals surface area contributed by atoms with E-state index in [0.717, 1.165) is 0 Å². The van der Waals surface area contributed by atoms with Gasteiger partial charge in [0.15, 0.2) is 10.8 Å². The second-order valence-electron chi connectivity index (χ2n) is 7.41. The standard InChI is InChI=1S/C17H27N7O3S/c1-10(2)6-23(12(25)8-28-17-21-19-9-22(17)5)13-14(18)24(7-11(3)4)16(27)20-15(13)26/h9-11H,6-8,18H2,1-5H3,(H,20,26,27). The molecule has 154 valence electrons. The number of carbonyl (C=O) groups is 1. The highest BCUT2D eigenvalue weighted by atomic mass is 32.2. The summed E-state index contributed by atoms with van der Waals surface area (Å²) in [7, 11) is 1.78. The molecule has 3 N–H and O–H groups in total. The third-order valence-electron chi connectivity index (χ3n) is 3.88. The van der Waals surface area contributed by atoms with Crippen LogP contribution in [0.2, 0.25) is 0 Å². The number of rotatable bonds is 8. The van der Waals surface area contributed by atoms with E-state index in [2.05, 4.69) is 15.2 Å². The Kier molecular flexibility index (Phi) is 7.05. The smallest absolute Gasteiger partial charge is 0.330 e. The lowest BCUT2D eigenvalue weighted by Gasteiger charge is -2.26. The summed E-state index contributed by atoms with van der Waals surface area (Å²) in [4.78, 5) is 41.3. The molecule has 1 amide bonds. The van der Waals surface area contributed by atoms with Crippen LogP contribution >= 0.6 is 11.8 Å². The van der Waals surface area contributed by atoms with Crippen LogP contribution in [0.1, 0.15) is 27.7 Å². The van der Waals surface area contributed by atoms with Crippen molar-refractivity contribution in [3.8, 4) is 0 Å². The molecule has 0 atom stereocenters. The van der Waals surface area contributed by atoms with E-state index < -0.39 is 11.2 Å². The lowest BCUT2D eigenvalue weighted by molar-refractivity contribution is -0.116. The van der Waals surface area contributed by atoms with Crippen molar-refractivity contribution in [1.29, 1.82) is 0 Å². The number of nitrogens with one attached hydrogen (secondary N) is 1. The summed E-state index contributed by atoms with van der Waals surface area (Å²) in [5.74, 6) is -0.0113. The lowest BCUT2D eigenvalue weighted by Crippen LogP contribution is -2.43. The lowest BCUT2D eigenvalue weighted by atomic mass is 10.2. The molecule has 0 fully saturated rings. The molecule has 11 heteroatoms. The molecule has 2 aromatic heterocycles. The Hall–Kier alpha value is -2.56. The van der Waals surface area contributed by atoms with Gasteiger partial charge in [-0.05, 0) is 11.8 Å². The molecule has 0 saturated carbocycles. The van der Waals surface area contributed by atoms with Gasteiger partial charge < -0.3 is 15.2 Å². The summed E-state index contributed by atoms with van der Waals surface area (Å²) in [6.07, 6.45) is 1.54. The largest absolute Gasteiger partial charge is 0.383 e.